The lowest BCUT2D eigenvalue weighted by Crippen LogP contribution is -2.56. The van der Waals surface area contributed by atoms with Crippen molar-refractivity contribution in [2.75, 3.05) is 11.5 Å². The lowest BCUT2D eigenvalue weighted by atomic mass is 9.92. The van der Waals surface area contributed by atoms with Crippen LogP contribution in [-0.4, -0.2) is 34.0 Å². The van der Waals surface area contributed by atoms with E-state index in [9.17, 15) is 14.7 Å². The highest BCUT2D eigenvalue weighted by Crippen LogP contribution is 2.28. The molecule has 1 fully saturated rings. The summed E-state index contributed by atoms with van der Waals surface area (Å²) >= 11 is 3.11. The van der Waals surface area contributed by atoms with E-state index in [2.05, 4.69) is 5.32 Å². The molecule has 1 aromatic heterocycles. The number of carbonyl (C=O) groups is 2. The van der Waals surface area contributed by atoms with Gasteiger partial charge in [-0.15, -0.1) is 11.3 Å². The third-order valence-corrected chi connectivity index (χ3v) is 5.38. The highest BCUT2D eigenvalue weighted by atomic mass is 32.2. The SMILES string of the molecule is CCc1ccsc1C(=O)NC1(C(=O)O)CCSCC1. The predicted octanol–water partition coefficient (Wildman–Crippen LogP) is 2.39. The van der Waals surface area contributed by atoms with Crippen LogP contribution in [0.5, 0.6) is 0 Å². The Morgan fingerprint density at radius 1 is 1.42 bits per heavy atom. The van der Waals surface area contributed by atoms with Crippen LogP contribution in [0, 0.1) is 0 Å². The molecule has 104 valence electrons. The molecular formula is C13H17NO3S2. The number of carbonyl (C=O) groups excluding carboxylic acids is 1. The molecule has 4 nitrogen and oxygen atoms in total. The Morgan fingerprint density at radius 2 is 2.11 bits per heavy atom. The van der Waals surface area contributed by atoms with Crippen molar-refractivity contribution in [3.63, 3.8) is 0 Å². The quantitative estimate of drug-likeness (QED) is 0.896. The molecule has 19 heavy (non-hydrogen) atoms. The van der Waals surface area contributed by atoms with Gasteiger partial charge in [0.2, 0.25) is 0 Å². The molecular weight excluding hydrogens is 282 g/mol. The van der Waals surface area contributed by atoms with Crippen LogP contribution >= 0.6 is 23.1 Å². The van der Waals surface area contributed by atoms with Gasteiger partial charge in [-0.1, -0.05) is 6.92 Å². The van der Waals surface area contributed by atoms with Crippen LogP contribution in [-0.2, 0) is 11.2 Å². The van der Waals surface area contributed by atoms with Crippen molar-refractivity contribution in [2.24, 2.45) is 0 Å². The number of carboxylic acid groups (broad SMARTS) is 1. The van der Waals surface area contributed by atoms with E-state index in [1.165, 1.54) is 11.3 Å². The first-order valence-electron chi connectivity index (χ1n) is 6.29. The highest BCUT2D eigenvalue weighted by Gasteiger charge is 2.41. The summed E-state index contributed by atoms with van der Waals surface area (Å²) in [5, 5.41) is 14.1. The van der Waals surface area contributed by atoms with E-state index in [-0.39, 0.29) is 5.91 Å². The maximum absolute atomic E-state index is 12.3. The third kappa shape index (κ3) is 2.95. The molecule has 0 spiro atoms. The molecule has 0 aromatic carbocycles. The smallest absolute Gasteiger partial charge is 0.329 e. The van der Waals surface area contributed by atoms with Crippen LogP contribution in [0.3, 0.4) is 0 Å². The number of amides is 1. The van der Waals surface area contributed by atoms with E-state index >= 15 is 0 Å². The molecule has 2 heterocycles. The largest absolute Gasteiger partial charge is 0.480 e. The summed E-state index contributed by atoms with van der Waals surface area (Å²) in [4.78, 5) is 24.4. The van der Waals surface area contributed by atoms with Crippen molar-refractivity contribution < 1.29 is 14.7 Å². The molecule has 0 atom stereocenters. The zero-order valence-corrected chi connectivity index (χ0v) is 12.4. The fourth-order valence-corrected chi connectivity index (χ4v) is 4.28. The van der Waals surface area contributed by atoms with Gasteiger partial charge in [0, 0.05) is 0 Å². The summed E-state index contributed by atoms with van der Waals surface area (Å²) in [7, 11) is 0. The summed E-state index contributed by atoms with van der Waals surface area (Å²) in [5.74, 6) is 0.381. The number of aryl methyl sites for hydroxylation is 1. The molecule has 1 saturated heterocycles. The molecule has 6 heteroatoms. The van der Waals surface area contributed by atoms with Gasteiger partial charge in [-0.25, -0.2) is 4.79 Å². The number of hydrogen-bond donors (Lipinski definition) is 2. The molecule has 0 radical (unpaired) electrons. The standard InChI is InChI=1S/C13H17NO3S2/c1-2-9-3-6-19-10(9)11(15)14-13(12(16)17)4-7-18-8-5-13/h3,6H,2,4-5,7-8H2,1H3,(H,14,15)(H,16,17). The van der Waals surface area contributed by atoms with Gasteiger partial charge >= 0.3 is 5.97 Å². The maximum Gasteiger partial charge on any atom is 0.329 e. The summed E-state index contributed by atoms with van der Waals surface area (Å²) in [6.45, 7) is 1.99. The number of thiophene rings is 1. The molecule has 1 amide bonds. The Kier molecular flexibility index (Phi) is 4.52. The monoisotopic (exact) mass is 299 g/mol. The number of carboxylic acids is 1. The van der Waals surface area contributed by atoms with Crippen LogP contribution in [0.15, 0.2) is 11.4 Å². The van der Waals surface area contributed by atoms with Crippen LogP contribution in [0.25, 0.3) is 0 Å². The second kappa shape index (κ2) is 5.96. The van der Waals surface area contributed by atoms with Crippen LogP contribution < -0.4 is 5.32 Å². The van der Waals surface area contributed by atoms with Crippen molar-refractivity contribution in [1.82, 2.24) is 5.32 Å². The molecule has 1 aliphatic rings. The number of thioether (sulfide) groups is 1. The number of nitrogens with one attached hydrogen (secondary N) is 1. The molecule has 0 aliphatic carbocycles. The second-order valence-corrected chi connectivity index (χ2v) is 6.72. The van der Waals surface area contributed by atoms with Crippen molar-refractivity contribution in [1.29, 1.82) is 0 Å². The normalized spacial score (nSPS) is 17.9. The molecule has 2 N–H and O–H groups in total. The first kappa shape index (κ1) is 14.4. The predicted molar refractivity (Wildman–Crippen MR) is 78.1 cm³/mol. The van der Waals surface area contributed by atoms with Gasteiger partial charge in [0.15, 0.2) is 0 Å². The van der Waals surface area contributed by atoms with Crippen molar-refractivity contribution >= 4 is 35.0 Å². The van der Waals surface area contributed by atoms with Crippen molar-refractivity contribution in [3.8, 4) is 0 Å². The van der Waals surface area contributed by atoms with Crippen molar-refractivity contribution in [3.05, 3.63) is 21.9 Å². The topological polar surface area (TPSA) is 66.4 Å². The minimum atomic E-state index is -1.09. The summed E-state index contributed by atoms with van der Waals surface area (Å²) in [6.07, 6.45) is 1.76. The summed E-state index contributed by atoms with van der Waals surface area (Å²) in [6, 6.07) is 1.92. The molecule has 1 aliphatic heterocycles. The van der Waals surface area contributed by atoms with E-state index in [0.29, 0.717) is 17.7 Å². The summed E-state index contributed by atoms with van der Waals surface area (Å²) in [5.41, 5.74) is -0.106. The first-order valence-corrected chi connectivity index (χ1v) is 8.32. The number of hydrogen-bond acceptors (Lipinski definition) is 4. The number of aliphatic carboxylic acids is 1. The van der Waals surface area contributed by atoms with Crippen LogP contribution in [0.1, 0.15) is 35.0 Å². The molecule has 0 unspecified atom stereocenters. The zero-order chi connectivity index (χ0) is 13.9. The highest BCUT2D eigenvalue weighted by molar-refractivity contribution is 7.99. The molecule has 0 saturated carbocycles. The summed E-state index contributed by atoms with van der Waals surface area (Å²) < 4.78 is 0. The lowest BCUT2D eigenvalue weighted by molar-refractivity contribution is -0.144. The first-order chi connectivity index (χ1) is 9.09. The maximum atomic E-state index is 12.3. The van der Waals surface area contributed by atoms with Gasteiger partial charge < -0.3 is 10.4 Å². The average Bonchev–Trinajstić information content (AvgIpc) is 2.88. The van der Waals surface area contributed by atoms with Gasteiger partial charge in [0.1, 0.15) is 5.54 Å². The van der Waals surface area contributed by atoms with E-state index in [4.69, 9.17) is 0 Å². The van der Waals surface area contributed by atoms with E-state index in [1.807, 2.05) is 18.4 Å². The number of rotatable bonds is 4. The molecule has 0 bridgehead atoms. The fraction of sp³-hybridized carbons (Fsp3) is 0.538. The Hall–Kier alpha value is -1.01. The van der Waals surface area contributed by atoms with E-state index in [1.54, 1.807) is 11.8 Å². The van der Waals surface area contributed by atoms with Crippen molar-refractivity contribution in [2.45, 2.75) is 31.7 Å². The average molecular weight is 299 g/mol. The molecule has 1 aromatic rings. The van der Waals surface area contributed by atoms with Crippen LogP contribution in [0.2, 0.25) is 0 Å². The van der Waals surface area contributed by atoms with Crippen LogP contribution in [0.4, 0.5) is 0 Å². The fourth-order valence-electron chi connectivity index (χ4n) is 2.20. The zero-order valence-electron chi connectivity index (χ0n) is 10.8. The van der Waals surface area contributed by atoms with Gasteiger partial charge in [0.25, 0.3) is 5.91 Å². The van der Waals surface area contributed by atoms with Gasteiger partial charge in [-0.2, -0.15) is 11.8 Å². The Bertz CT molecular complexity index is 478. The van der Waals surface area contributed by atoms with Gasteiger partial charge in [-0.3, -0.25) is 4.79 Å². The third-order valence-electron chi connectivity index (χ3n) is 3.44. The molecule has 2 rings (SSSR count). The Labute approximate surface area is 120 Å². The Balaban J connectivity index is 2.18. The van der Waals surface area contributed by atoms with E-state index in [0.717, 1.165) is 23.5 Å². The van der Waals surface area contributed by atoms with Gasteiger partial charge in [-0.05, 0) is 47.8 Å². The van der Waals surface area contributed by atoms with E-state index < -0.39 is 11.5 Å². The minimum Gasteiger partial charge on any atom is -0.480 e. The van der Waals surface area contributed by atoms with Gasteiger partial charge in [0.05, 0.1) is 4.88 Å². The second-order valence-electron chi connectivity index (χ2n) is 4.58. The lowest BCUT2D eigenvalue weighted by Gasteiger charge is -2.33. The minimum absolute atomic E-state index is 0.249. The Morgan fingerprint density at radius 3 is 2.68 bits per heavy atom.